The van der Waals surface area contributed by atoms with Crippen LogP contribution in [0, 0.1) is 10.1 Å². The van der Waals surface area contributed by atoms with Crippen LogP contribution in [0.15, 0.2) is 24.5 Å². The summed E-state index contributed by atoms with van der Waals surface area (Å²) in [5, 5.41) is 19.5. The van der Waals surface area contributed by atoms with Crippen LogP contribution in [0.2, 0.25) is 0 Å². The van der Waals surface area contributed by atoms with Gasteiger partial charge >= 0.3 is 5.97 Å². The van der Waals surface area contributed by atoms with Crippen LogP contribution in [-0.2, 0) is 16.1 Å². The second-order valence-corrected chi connectivity index (χ2v) is 3.25. The van der Waals surface area contributed by atoms with Gasteiger partial charge in [0, 0.05) is 17.7 Å². The molecule has 0 saturated heterocycles. The van der Waals surface area contributed by atoms with Gasteiger partial charge in [-0.3, -0.25) is 10.1 Å². The van der Waals surface area contributed by atoms with Gasteiger partial charge in [-0.15, -0.1) is 0 Å². The molecule has 0 aromatic heterocycles. The summed E-state index contributed by atoms with van der Waals surface area (Å²) in [5.74, 6) is -1.17. The van der Waals surface area contributed by atoms with Gasteiger partial charge in [-0.2, -0.15) is 0 Å². The summed E-state index contributed by atoms with van der Waals surface area (Å²) in [4.78, 5) is 20.9. The Bertz CT molecular complexity index is 506. The number of rotatable bonds is 2. The Balaban J connectivity index is 2.56. The van der Waals surface area contributed by atoms with Crippen LogP contribution >= 0.6 is 0 Å². The lowest BCUT2D eigenvalue weighted by Gasteiger charge is -2.15. The van der Waals surface area contributed by atoms with Crippen molar-refractivity contribution in [1.82, 2.24) is 0 Å². The molecule has 0 bridgehead atoms. The van der Waals surface area contributed by atoms with E-state index in [1.54, 1.807) is 0 Å². The van der Waals surface area contributed by atoms with Gasteiger partial charge in [0.25, 0.3) is 5.69 Å². The molecule has 1 aliphatic rings. The minimum Gasteiger partial charge on any atom is -0.496 e. The fraction of sp³-hybridized carbons (Fsp3) is 0.100. The van der Waals surface area contributed by atoms with Crippen molar-refractivity contribution in [2.24, 2.45) is 0 Å². The third kappa shape index (κ3) is 1.60. The number of fused-ring (bicyclic) bond motifs is 1. The molecule has 0 radical (unpaired) electrons. The zero-order chi connectivity index (χ0) is 11.7. The maximum Gasteiger partial charge on any atom is 0.339 e. The standard InChI is InChI=1S/C10H7NO5/c12-10(13)9-5-16-4-6-1-2-7(11(14)15)3-8(6)9/h1-3,5H,4H2,(H,12,13). The number of nitrogens with zero attached hydrogens (tertiary/aromatic N) is 1. The molecule has 6 nitrogen and oxygen atoms in total. The highest BCUT2D eigenvalue weighted by molar-refractivity contribution is 6.15. The first-order chi connectivity index (χ1) is 7.59. The first-order valence-electron chi connectivity index (χ1n) is 4.42. The number of ether oxygens (including phenoxy) is 1. The summed E-state index contributed by atoms with van der Waals surface area (Å²) in [6.07, 6.45) is 1.11. The number of carbonyl (C=O) groups is 1. The van der Waals surface area contributed by atoms with Crippen molar-refractivity contribution in [1.29, 1.82) is 0 Å². The molecular weight excluding hydrogens is 214 g/mol. The van der Waals surface area contributed by atoms with Gasteiger partial charge < -0.3 is 9.84 Å². The maximum atomic E-state index is 10.9. The van der Waals surface area contributed by atoms with Crippen molar-refractivity contribution in [3.63, 3.8) is 0 Å². The molecule has 1 aromatic carbocycles. The van der Waals surface area contributed by atoms with Crippen LogP contribution < -0.4 is 0 Å². The van der Waals surface area contributed by atoms with Gasteiger partial charge in [0.15, 0.2) is 0 Å². The number of non-ortho nitro benzene ring substituents is 1. The van der Waals surface area contributed by atoms with E-state index in [1.165, 1.54) is 18.2 Å². The van der Waals surface area contributed by atoms with Crippen LogP contribution in [0.3, 0.4) is 0 Å². The maximum absolute atomic E-state index is 10.9. The van der Waals surface area contributed by atoms with Crippen molar-refractivity contribution < 1.29 is 19.6 Å². The largest absolute Gasteiger partial charge is 0.496 e. The fourth-order valence-corrected chi connectivity index (χ4v) is 1.50. The van der Waals surface area contributed by atoms with E-state index in [4.69, 9.17) is 9.84 Å². The van der Waals surface area contributed by atoms with Crippen LogP contribution in [0.25, 0.3) is 5.57 Å². The highest BCUT2D eigenvalue weighted by atomic mass is 16.6. The number of benzene rings is 1. The minimum atomic E-state index is -1.17. The lowest BCUT2D eigenvalue weighted by Crippen LogP contribution is -2.09. The SMILES string of the molecule is O=C(O)C1=COCc2ccc([N+](=O)[O-])cc21. The highest BCUT2D eigenvalue weighted by Gasteiger charge is 2.21. The van der Waals surface area contributed by atoms with Crippen LogP contribution in [0.1, 0.15) is 11.1 Å². The first kappa shape index (κ1) is 10.2. The average molecular weight is 221 g/mol. The molecule has 1 aliphatic heterocycles. The molecule has 2 rings (SSSR count). The van der Waals surface area contributed by atoms with Crippen molar-refractivity contribution in [2.75, 3.05) is 0 Å². The number of nitro groups is 1. The zero-order valence-corrected chi connectivity index (χ0v) is 8.04. The van der Waals surface area contributed by atoms with Gasteiger partial charge in [-0.1, -0.05) is 0 Å². The lowest BCUT2D eigenvalue weighted by atomic mass is 9.99. The van der Waals surface area contributed by atoms with E-state index in [0.717, 1.165) is 6.26 Å². The van der Waals surface area contributed by atoms with E-state index in [-0.39, 0.29) is 17.9 Å². The number of carboxylic acid groups (broad SMARTS) is 1. The lowest BCUT2D eigenvalue weighted by molar-refractivity contribution is -0.384. The molecule has 1 N–H and O–H groups in total. The number of nitro benzene ring substituents is 1. The molecule has 1 heterocycles. The van der Waals surface area contributed by atoms with Gasteiger partial charge in [-0.05, 0) is 11.6 Å². The Hall–Kier alpha value is -2.37. The first-order valence-corrected chi connectivity index (χ1v) is 4.42. The van der Waals surface area contributed by atoms with Crippen LogP contribution in [-0.4, -0.2) is 16.0 Å². The molecule has 0 spiro atoms. The molecule has 0 atom stereocenters. The zero-order valence-electron chi connectivity index (χ0n) is 8.04. The summed E-state index contributed by atoms with van der Waals surface area (Å²) >= 11 is 0. The van der Waals surface area contributed by atoms with E-state index in [2.05, 4.69) is 0 Å². The molecule has 0 unspecified atom stereocenters. The third-order valence-corrected chi connectivity index (χ3v) is 2.26. The second-order valence-electron chi connectivity index (χ2n) is 3.25. The Morgan fingerprint density at radius 2 is 2.25 bits per heavy atom. The van der Waals surface area contributed by atoms with E-state index >= 15 is 0 Å². The Morgan fingerprint density at radius 3 is 2.88 bits per heavy atom. The van der Waals surface area contributed by atoms with Gasteiger partial charge in [0.2, 0.25) is 0 Å². The van der Waals surface area contributed by atoms with Crippen molar-refractivity contribution in [2.45, 2.75) is 6.61 Å². The molecular formula is C10H7NO5. The Morgan fingerprint density at radius 1 is 1.50 bits per heavy atom. The summed E-state index contributed by atoms with van der Waals surface area (Å²) in [6.45, 7) is 0.226. The smallest absolute Gasteiger partial charge is 0.339 e. The quantitative estimate of drug-likeness (QED) is 0.604. The van der Waals surface area contributed by atoms with Gasteiger partial charge in [0.05, 0.1) is 11.2 Å². The molecule has 16 heavy (non-hydrogen) atoms. The Kier molecular flexibility index (Phi) is 2.32. The third-order valence-electron chi connectivity index (χ3n) is 2.26. The molecule has 0 saturated carbocycles. The number of carboxylic acids is 1. The summed E-state index contributed by atoms with van der Waals surface area (Å²) < 4.78 is 4.96. The predicted octanol–water partition coefficient (Wildman–Crippen LogP) is 1.55. The molecule has 82 valence electrons. The summed E-state index contributed by atoms with van der Waals surface area (Å²) in [5.41, 5.74) is 0.774. The van der Waals surface area contributed by atoms with Gasteiger partial charge in [0.1, 0.15) is 12.2 Å². The topological polar surface area (TPSA) is 89.7 Å². The van der Waals surface area contributed by atoms with E-state index in [1.807, 2.05) is 0 Å². The van der Waals surface area contributed by atoms with Gasteiger partial charge in [-0.25, -0.2) is 4.79 Å². The monoisotopic (exact) mass is 221 g/mol. The number of hydrogen-bond donors (Lipinski definition) is 1. The number of hydrogen-bond acceptors (Lipinski definition) is 4. The van der Waals surface area contributed by atoms with E-state index < -0.39 is 10.9 Å². The molecule has 0 amide bonds. The van der Waals surface area contributed by atoms with Crippen molar-refractivity contribution >= 4 is 17.2 Å². The summed E-state index contributed by atoms with van der Waals surface area (Å²) in [6, 6.07) is 4.08. The highest BCUT2D eigenvalue weighted by Crippen LogP contribution is 2.28. The van der Waals surface area contributed by atoms with Crippen molar-refractivity contribution in [3.05, 3.63) is 45.7 Å². The Labute approximate surface area is 89.9 Å². The molecule has 1 aromatic rings. The molecule has 6 heteroatoms. The van der Waals surface area contributed by atoms with E-state index in [0.29, 0.717) is 11.1 Å². The second kappa shape index (κ2) is 3.65. The minimum absolute atomic E-state index is 0.0649. The van der Waals surface area contributed by atoms with Crippen molar-refractivity contribution in [3.8, 4) is 0 Å². The number of aliphatic carboxylic acids is 1. The van der Waals surface area contributed by atoms with Crippen LogP contribution in [0.5, 0.6) is 0 Å². The predicted molar refractivity (Wildman–Crippen MR) is 53.5 cm³/mol. The fourth-order valence-electron chi connectivity index (χ4n) is 1.50. The van der Waals surface area contributed by atoms with E-state index in [9.17, 15) is 14.9 Å². The normalized spacial score (nSPS) is 13.4. The molecule has 0 aliphatic carbocycles. The van der Waals surface area contributed by atoms with Crippen LogP contribution in [0.4, 0.5) is 5.69 Å². The summed E-state index contributed by atoms with van der Waals surface area (Å²) in [7, 11) is 0. The molecule has 0 fully saturated rings. The average Bonchev–Trinajstić information content (AvgIpc) is 2.27.